The van der Waals surface area contributed by atoms with Gasteiger partial charge in [-0.1, -0.05) is 29.8 Å². The van der Waals surface area contributed by atoms with Crippen LogP contribution in [0.15, 0.2) is 0 Å². The van der Waals surface area contributed by atoms with Crippen LogP contribution in [-0.2, 0) is 0 Å². The topological polar surface area (TPSA) is 26.0 Å². The van der Waals surface area contributed by atoms with Gasteiger partial charge in [0.05, 0.1) is 0 Å². The zero-order valence-electron chi connectivity index (χ0n) is 5.52. The summed E-state index contributed by atoms with van der Waals surface area (Å²) in [6.07, 6.45) is 2.18. The van der Waals surface area contributed by atoms with Crippen LogP contribution in [0.2, 0.25) is 0 Å². The van der Waals surface area contributed by atoms with Gasteiger partial charge in [0.2, 0.25) is 0 Å². The standard InChI is InChI=1S/C6H14BrN/c1-3-5(7)6(8)4-2/h5-6H,3-4,8H2,1-2H3. The Morgan fingerprint density at radius 2 is 1.88 bits per heavy atom. The second kappa shape index (κ2) is 4.33. The number of halogens is 1. The molecule has 50 valence electrons. The maximum Gasteiger partial charge on any atom is 0.0294 e. The molecule has 0 fully saturated rings. The first-order valence-corrected chi connectivity index (χ1v) is 4.03. The van der Waals surface area contributed by atoms with Crippen molar-refractivity contribution in [2.24, 2.45) is 5.73 Å². The average molecular weight is 180 g/mol. The average Bonchev–Trinajstić information content (AvgIpc) is 1.84. The fourth-order valence-electron chi connectivity index (χ4n) is 0.559. The molecule has 2 unspecified atom stereocenters. The third-order valence-electron chi connectivity index (χ3n) is 1.33. The van der Waals surface area contributed by atoms with Crippen molar-refractivity contribution in [2.45, 2.75) is 37.6 Å². The van der Waals surface area contributed by atoms with Crippen molar-refractivity contribution in [3.8, 4) is 0 Å². The van der Waals surface area contributed by atoms with Gasteiger partial charge in [-0.15, -0.1) is 0 Å². The Bertz CT molecular complexity index is 48.5. The quantitative estimate of drug-likeness (QED) is 0.659. The third-order valence-corrected chi connectivity index (χ3v) is 2.65. The van der Waals surface area contributed by atoms with Gasteiger partial charge in [0, 0.05) is 10.9 Å². The maximum atomic E-state index is 5.68. The third kappa shape index (κ3) is 2.68. The van der Waals surface area contributed by atoms with E-state index in [9.17, 15) is 0 Å². The van der Waals surface area contributed by atoms with Crippen LogP contribution in [0.4, 0.5) is 0 Å². The van der Waals surface area contributed by atoms with Crippen molar-refractivity contribution in [3.05, 3.63) is 0 Å². The van der Waals surface area contributed by atoms with Gasteiger partial charge in [-0.05, 0) is 12.8 Å². The lowest BCUT2D eigenvalue weighted by Gasteiger charge is -2.12. The van der Waals surface area contributed by atoms with Gasteiger partial charge in [0.25, 0.3) is 0 Å². The minimum atomic E-state index is 0.333. The lowest BCUT2D eigenvalue weighted by Crippen LogP contribution is -2.28. The number of hydrogen-bond donors (Lipinski definition) is 1. The van der Waals surface area contributed by atoms with Gasteiger partial charge in [0.15, 0.2) is 0 Å². The van der Waals surface area contributed by atoms with Crippen LogP contribution in [0.5, 0.6) is 0 Å². The summed E-state index contributed by atoms with van der Waals surface area (Å²) < 4.78 is 0. The normalized spacial score (nSPS) is 18.0. The molecule has 8 heavy (non-hydrogen) atoms. The Morgan fingerprint density at radius 1 is 1.38 bits per heavy atom. The summed E-state index contributed by atoms with van der Waals surface area (Å²) in [6, 6.07) is 0.333. The first-order chi connectivity index (χ1) is 3.72. The van der Waals surface area contributed by atoms with Crippen molar-refractivity contribution in [1.82, 2.24) is 0 Å². The molecule has 0 aliphatic heterocycles. The molecule has 0 spiro atoms. The number of hydrogen-bond acceptors (Lipinski definition) is 1. The van der Waals surface area contributed by atoms with E-state index in [4.69, 9.17) is 5.73 Å². The molecule has 0 aromatic rings. The smallest absolute Gasteiger partial charge is 0.0294 e. The molecule has 2 atom stereocenters. The molecular weight excluding hydrogens is 166 g/mol. The lowest BCUT2D eigenvalue weighted by molar-refractivity contribution is 0.609. The summed E-state index contributed by atoms with van der Waals surface area (Å²) in [7, 11) is 0. The zero-order valence-corrected chi connectivity index (χ0v) is 7.11. The van der Waals surface area contributed by atoms with Crippen LogP contribution in [-0.4, -0.2) is 10.9 Å². The van der Waals surface area contributed by atoms with E-state index in [-0.39, 0.29) is 0 Å². The van der Waals surface area contributed by atoms with Crippen LogP contribution in [0.1, 0.15) is 26.7 Å². The minimum Gasteiger partial charge on any atom is -0.327 e. The lowest BCUT2D eigenvalue weighted by atomic mass is 10.1. The molecule has 0 bridgehead atoms. The monoisotopic (exact) mass is 179 g/mol. The molecule has 0 aliphatic rings. The van der Waals surface area contributed by atoms with Crippen molar-refractivity contribution in [3.63, 3.8) is 0 Å². The molecule has 0 aromatic carbocycles. The summed E-state index contributed by atoms with van der Waals surface area (Å²) in [5.41, 5.74) is 5.68. The van der Waals surface area contributed by atoms with Crippen molar-refractivity contribution in [2.75, 3.05) is 0 Å². The maximum absolute atomic E-state index is 5.68. The molecule has 0 aromatic heterocycles. The number of rotatable bonds is 3. The number of nitrogens with two attached hydrogens (primary N) is 1. The SMILES string of the molecule is CCC(N)C(Br)CC. The van der Waals surface area contributed by atoms with Crippen LogP contribution in [0, 0.1) is 0 Å². The first-order valence-electron chi connectivity index (χ1n) is 3.12. The van der Waals surface area contributed by atoms with Crippen molar-refractivity contribution >= 4 is 15.9 Å². The van der Waals surface area contributed by atoms with Crippen molar-refractivity contribution < 1.29 is 0 Å². The number of alkyl halides is 1. The van der Waals surface area contributed by atoms with E-state index >= 15 is 0 Å². The van der Waals surface area contributed by atoms with Gasteiger partial charge in [0.1, 0.15) is 0 Å². The highest BCUT2D eigenvalue weighted by Gasteiger charge is 2.08. The molecule has 0 heterocycles. The summed E-state index contributed by atoms with van der Waals surface area (Å²) >= 11 is 3.48. The predicted molar refractivity (Wildman–Crippen MR) is 41.3 cm³/mol. The van der Waals surface area contributed by atoms with Gasteiger partial charge in [-0.3, -0.25) is 0 Å². The van der Waals surface area contributed by atoms with Crippen LogP contribution >= 0.6 is 15.9 Å². The Kier molecular flexibility index (Phi) is 4.57. The van der Waals surface area contributed by atoms with E-state index in [0.29, 0.717) is 10.9 Å². The molecule has 0 aliphatic carbocycles. The van der Waals surface area contributed by atoms with Gasteiger partial charge in [-0.2, -0.15) is 0 Å². The Morgan fingerprint density at radius 3 is 2.00 bits per heavy atom. The molecule has 0 saturated heterocycles. The highest BCUT2D eigenvalue weighted by molar-refractivity contribution is 9.09. The Balaban J connectivity index is 3.29. The fourth-order valence-corrected chi connectivity index (χ4v) is 0.932. The van der Waals surface area contributed by atoms with Gasteiger partial charge in [-0.25, -0.2) is 0 Å². The predicted octanol–water partition coefficient (Wildman–Crippen LogP) is 1.90. The van der Waals surface area contributed by atoms with Crippen LogP contribution in [0.25, 0.3) is 0 Å². The van der Waals surface area contributed by atoms with Crippen LogP contribution < -0.4 is 5.73 Å². The van der Waals surface area contributed by atoms with E-state index in [1.165, 1.54) is 0 Å². The van der Waals surface area contributed by atoms with Crippen molar-refractivity contribution in [1.29, 1.82) is 0 Å². The zero-order chi connectivity index (χ0) is 6.57. The summed E-state index contributed by atoms with van der Waals surface area (Å²) in [6.45, 7) is 4.24. The Hall–Kier alpha value is 0.440. The van der Waals surface area contributed by atoms with E-state index in [1.807, 2.05) is 0 Å². The second-order valence-corrected chi connectivity index (χ2v) is 3.17. The molecule has 0 radical (unpaired) electrons. The van der Waals surface area contributed by atoms with Gasteiger partial charge >= 0.3 is 0 Å². The van der Waals surface area contributed by atoms with E-state index in [0.717, 1.165) is 12.8 Å². The fraction of sp³-hybridized carbons (Fsp3) is 1.00. The molecule has 0 amide bonds. The summed E-state index contributed by atoms with van der Waals surface area (Å²) in [4.78, 5) is 0.507. The Labute approximate surface area is 59.8 Å². The summed E-state index contributed by atoms with van der Waals surface area (Å²) in [5, 5.41) is 0. The molecule has 2 heteroatoms. The summed E-state index contributed by atoms with van der Waals surface area (Å²) in [5.74, 6) is 0. The molecule has 0 rings (SSSR count). The molecular formula is C6H14BrN. The molecule has 2 N–H and O–H groups in total. The second-order valence-electron chi connectivity index (χ2n) is 2.00. The van der Waals surface area contributed by atoms with Crippen LogP contribution in [0.3, 0.4) is 0 Å². The highest BCUT2D eigenvalue weighted by atomic mass is 79.9. The van der Waals surface area contributed by atoms with E-state index in [1.54, 1.807) is 0 Å². The highest BCUT2D eigenvalue weighted by Crippen LogP contribution is 2.09. The molecule has 0 saturated carbocycles. The minimum absolute atomic E-state index is 0.333. The van der Waals surface area contributed by atoms with Gasteiger partial charge < -0.3 is 5.73 Å². The van der Waals surface area contributed by atoms with E-state index in [2.05, 4.69) is 29.8 Å². The van der Waals surface area contributed by atoms with E-state index < -0.39 is 0 Å². The largest absolute Gasteiger partial charge is 0.327 e. The first kappa shape index (κ1) is 8.44. The molecule has 1 nitrogen and oxygen atoms in total.